The number of carbonyl (C=O) groups excluding carboxylic acids is 2. The van der Waals surface area contributed by atoms with Gasteiger partial charge in [-0.2, -0.15) is 11.3 Å². The molecule has 5 nitrogen and oxygen atoms in total. The highest BCUT2D eigenvalue weighted by molar-refractivity contribution is 7.08. The highest BCUT2D eigenvalue weighted by Crippen LogP contribution is 2.37. The zero-order chi connectivity index (χ0) is 20.4. The molecule has 0 unspecified atom stereocenters. The van der Waals surface area contributed by atoms with Crippen molar-refractivity contribution in [2.75, 3.05) is 33.8 Å². The van der Waals surface area contributed by atoms with Crippen molar-refractivity contribution in [3.05, 3.63) is 46.7 Å². The van der Waals surface area contributed by atoms with Crippen LogP contribution >= 0.6 is 11.3 Å². The van der Waals surface area contributed by atoms with E-state index in [0.29, 0.717) is 32.5 Å². The molecule has 154 valence electrons. The van der Waals surface area contributed by atoms with Gasteiger partial charge < -0.3 is 14.5 Å². The lowest BCUT2D eigenvalue weighted by molar-refractivity contribution is -0.142. The average Bonchev–Trinajstić information content (AvgIpc) is 3.49. The standard InChI is InChI=1S/C23H28N2O3S/c1-24(2)22(27)23(10-11-25(16-23)21(26)20-4-3-12-28-20)14-17-5-7-18(8-6-17)19-9-13-29-15-19/h5-9,13,15,20H,3-4,10-12,14,16H2,1-2H3/t20-,23+/m1/s1. The molecule has 2 atom stereocenters. The number of hydrogen-bond donors (Lipinski definition) is 0. The average molecular weight is 413 g/mol. The van der Waals surface area contributed by atoms with Gasteiger partial charge in [0.15, 0.2) is 0 Å². The lowest BCUT2D eigenvalue weighted by atomic mass is 9.79. The Labute approximate surface area is 176 Å². The molecule has 2 aliphatic heterocycles. The zero-order valence-electron chi connectivity index (χ0n) is 17.1. The number of amides is 2. The van der Waals surface area contributed by atoms with Crippen molar-refractivity contribution in [2.45, 2.75) is 31.8 Å². The minimum Gasteiger partial charge on any atom is -0.368 e. The van der Waals surface area contributed by atoms with Gasteiger partial charge in [0, 0.05) is 33.8 Å². The molecule has 1 aromatic carbocycles. The van der Waals surface area contributed by atoms with Crippen molar-refractivity contribution in [3.63, 3.8) is 0 Å². The number of rotatable bonds is 5. The van der Waals surface area contributed by atoms with E-state index in [1.165, 1.54) is 11.1 Å². The van der Waals surface area contributed by atoms with Crippen molar-refractivity contribution >= 4 is 23.2 Å². The molecule has 2 aromatic rings. The van der Waals surface area contributed by atoms with Crippen LogP contribution in [0.5, 0.6) is 0 Å². The molecular weight excluding hydrogens is 384 g/mol. The van der Waals surface area contributed by atoms with E-state index in [2.05, 4.69) is 41.1 Å². The van der Waals surface area contributed by atoms with Crippen LogP contribution in [0.2, 0.25) is 0 Å². The second kappa shape index (κ2) is 8.28. The Morgan fingerprint density at radius 1 is 1.21 bits per heavy atom. The molecule has 0 saturated carbocycles. The van der Waals surface area contributed by atoms with Gasteiger partial charge in [0.1, 0.15) is 6.10 Å². The topological polar surface area (TPSA) is 49.9 Å². The summed E-state index contributed by atoms with van der Waals surface area (Å²) < 4.78 is 5.58. The number of ether oxygens (including phenoxy) is 1. The van der Waals surface area contributed by atoms with Gasteiger partial charge in [0.25, 0.3) is 5.91 Å². The van der Waals surface area contributed by atoms with Gasteiger partial charge in [0.05, 0.1) is 5.41 Å². The first-order valence-electron chi connectivity index (χ1n) is 10.2. The van der Waals surface area contributed by atoms with E-state index in [1.807, 2.05) is 4.90 Å². The van der Waals surface area contributed by atoms with Crippen molar-refractivity contribution in [1.82, 2.24) is 9.80 Å². The van der Waals surface area contributed by atoms with Gasteiger partial charge in [-0.3, -0.25) is 9.59 Å². The van der Waals surface area contributed by atoms with Crippen LogP contribution in [0.25, 0.3) is 11.1 Å². The summed E-state index contributed by atoms with van der Waals surface area (Å²) in [6.45, 7) is 1.74. The largest absolute Gasteiger partial charge is 0.368 e. The molecule has 4 rings (SSSR count). The van der Waals surface area contributed by atoms with Crippen LogP contribution in [0.3, 0.4) is 0 Å². The van der Waals surface area contributed by atoms with Crippen molar-refractivity contribution < 1.29 is 14.3 Å². The van der Waals surface area contributed by atoms with E-state index in [1.54, 1.807) is 30.3 Å². The molecule has 2 saturated heterocycles. The van der Waals surface area contributed by atoms with E-state index < -0.39 is 5.41 Å². The minimum absolute atomic E-state index is 0.0451. The fraction of sp³-hybridized carbons (Fsp3) is 0.478. The van der Waals surface area contributed by atoms with Crippen LogP contribution in [-0.2, 0) is 20.7 Å². The van der Waals surface area contributed by atoms with E-state index >= 15 is 0 Å². The Balaban J connectivity index is 1.53. The Morgan fingerprint density at radius 3 is 2.62 bits per heavy atom. The minimum atomic E-state index is -0.568. The second-order valence-electron chi connectivity index (χ2n) is 8.38. The van der Waals surface area contributed by atoms with Crippen LogP contribution in [-0.4, -0.2) is 61.5 Å². The first kappa shape index (κ1) is 20.1. The lowest BCUT2D eigenvalue weighted by Gasteiger charge is -2.31. The molecule has 0 aliphatic carbocycles. The Hall–Kier alpha value is -2.18. The van der Waals surface area contributed by atoms with Gasteiger partial charge in [-0.25, -0.2) is 0 Å². The highest BCUT2D eigenvalue weighted by Gasteiger charge is 2.47. The van der Waals surface area contributed by atoms with Crippen LogP contribution in [0.1, 0.15) is 24.8 Å². The normalized spacial score (nSPS) is 24.1. The predicted molar refractivity (Wildman–Crippen MR) is 115 cm³/mol. The fourth-order valence-corrected chi connectivity index (χ4v) is 5.20. The maximum atomic E-state index is 13.2. The van der Waals surface area contributed by atoms with Crippen molar-refractivity contribution in [3.8, 4) is 11.1 Å². The van der Waals surface area contributed by atoms with Crippen molar-refractivity contribution in [2.24, 2.45) is 5.41 Å². The number of nitrogens with zero attached hydrogens (tertiary/aromatic N) is 2. The second-order valence-corrected chi connectivity index (χ2v) is 9.16. The molecule has 29 heavy (non-hydrogen) atoms. The molecule has 0 spiro atoms. The number of carbonyl (C=O) groups is 2. The summed E-state index contributed by atoms with van der Waals surface area (Å²) in [6.07, 6.45) is 2.72. The van der Waals surface area contributed by atoms with Gasteiger partial charge in [-0.15, -0.1) is 0 Å². The zero-order valence-corrected chi connectivity index (χ0v) is 17.9. The van der Waals surface area contributed by atoms with E-state index in [-0.39, 0.29) is 17.9 Å². The van der Waals surface area contributed by atoms with Gasteiger partial charge in [-0.1, -0.05) is 24.3 Å². The Kier molecular flexibility index (Phi) is 5.74. The number of benzene rings is 1. The summed E-state index contributed by atoms with van der Waals surface area (Å²) in [4.78, 5) is 29.5. The third-order valence-electron chi connectivity index (χ3n) is 6.08. The molecule has 3 heterocycles. The number of likely N-dealkylation sites (tertiary alicyclic amines) is 1. The molecule has 0 radical (unpaired) electrons. The maximum absolute atomic E-state index is 13.2. The molecule has 1 aromatic heterocycles. The predicted octanol–water partition coefficient (Wildman–Crippen LogP) is 3.44. The summed E-state index contributed by atoms with van der Waals surface area (Å²) in [7, 11) is 3.60. The molecule has 0 N–H and O–H groups in total. The summed E-state index contributed by atoms with van der Waals surface area (Å²) in [5, 5.41) is 4.21. The fourth-order valence-electron chi connectivity index (χ4n) is 4.54. The summed E-state index contributed by atoms with van der Waals surface area (Å²) >= 11 is 1.69. The van der Waals surface area contributed by atoms with Crippen LogP contribution in [0.4, 0.5) is 0 Å². The monoisotopic (exact) mass is 412 g/mol. The molecular formula is C23H28N2O3S. The highest BCUT2D eigenvalue weighted by atomic mass is 32.1. The Bertz CT molecular complexity index is 857. The van der Waals surface area contributed by atoms with E-state index in [9.17, 15) is 9.59 Å². The lowest BCUT2D eigenvalue weighted by Crippen LogP contribution is -2.46. The number of hydrogen-bond acceptors (Lipinski definition) is 4. The van der Waals surface area contributed by atoms with Gasteiger partial charge in [0.2, 0.25) is 5.91 Å². The molecule has 2 amide bonds. The first-order chi connectivity index (χ1) is 14.0. The van der Waals surface area contributed by atoms with Crippen LogP contribution < -0.4 is 0 Å². The van der Waals surface area contributed by atoms with Crippen LogP contribution in [0, 0.1) is 5.41 Å². The van der Waals surface area contributed by atoms with Gasteiger partial charge in [-0.05, 0) is 59.2 Å². The van der Waals surface area contributed by atoms with E-state index in [4.69, 9.17) is 4.74 Å². The van der Waals surface area contributed by atoms with E-state index in [0.717, 1.165) is 18.4 Å². The summed E-state index contributed by atoms with van der Waals surface area (Å²) in [5.41, 5.74) is 2.96. The smallest absolute Gasteiger partial charge is 0.251 e. The Morgan fingerprint density at radius 2 is 2.00 bits per heavy atom. The third kappa shape index (κ3) is 4.09. The quantitative estimate of drug-likeness (QED) is 0.756. The maximum Gasteiger partial charge on any atom is 0.251 e. The van der Waals surface area contributed by atoms with Crippen LogP contribution in [0.15, 0.2) is 41.1 Å². The van der Waals surface area contributed by atoms with Gasteiger partial charge >= 0.3 is 0 Å². The molecule has 2 aliphatic rings. The molecule has 2 fully saturated rings. The molecule has 6 heteroatoms. The summed E-state index contributed by atoms with van der Waals surface area (Å²) in [5.74, 6) is 0.144. The third-order valence-corrected chi connectivity index (χ3v) is 6.76. The van der Waals surface area contributed by atoms with Crippen molar-refractivity contribution in [1.29, 1.82) is 0 Å². The first-order valence-corrected chi connectivity index (χ1v) is 11.2. The molecule has 0 bridgehead atoms. The number of thiophene rings is 1. The SMILES string of the molecule is CN(C)C(=O)[C@]1(Cc2ccc(-c3ccsc3)cc2)CCN(C(=O)[C@H]2CCCO2)C1. The summed E-state index contributed by atoms with van der Waals surface area (Å²) in [6, 6.07) is 10.6.